The van der Waals surface area contributed by atoms with Crippen molar-refractivity contribution in [2.75, 3.05) is 19.6 Å². The van der Waals surface area contributed by atoms with Crippen molar-refractivity contribution in [3.8, 4) is 5.75 Å². The molecule has 7 heteroatoms. The van der Waals surface area contributed by atoms with Gasteiger partial charge < -0.3 is 15.4 Å². The number of thiazole rings is 1. The van der Waals surface area contributed by atoms with Crippen LogP contribution in [0, 0.1) is 18.7 Å². The third-order valence-electron chi connectivity index (χ3n) is 4.46. The van der Waals surface area contributed by atoms with Gasteiger partial charge in [0.2, 0.25) is 0 Å². The number of nitrogens with one attached hydrogen (secondary N) is 2. The molecule has 1 aliphatic rings. The minimum Gasteiger partial charge on any atom is -0.486 e. The van der Waals surface area contributed by atoms with Crippen molar-refractivity contribution in [3.05, 3.63) is 45.7 Å². The van der Waals surface area contributed by atoms with Crippen molar-refractivity contribution in [1.82, 2.24) is 15.6 Å². The second-order valence-corrected chi connectivity index (χ2v) is 7.61. The average molecular weight is 377 g/mol. The number of rotatable bonds is 7. The van der Waals surface area contributed by atoms with Crippen molar-refractivity contribution in [1.29, 1.82) is 0 Å². The number of benzene rings is 1. The number of aryl methyl sites for hydroxylation is 1. The number of hydrogen-bond donors (Lipinski definition) is 2. The average Bonchev–Trinajstić information content (AvgIpc) is 3.03. The highest BCUT2D eigenvalue weighted by Gasteiger charge is 2.17. The van der Waals surface area contributed by atoms with E-state index in [4.69, 9.17) is 4.74 Å². The molecule has 0 bridgehead atoms. The number of amides is 1. The quantitative estimate of drug-likeness (QED) is 0.777. The van der Waals surface area contributed by atoms with Crippen LogP contribution in [0.15, 0.2) is 24.3 Å². The number of hydrogen-bond acceptors (Lipinski definition) is 5. The van der Waals surface area contributed by atoms with E-state index in [0.717, 1.165) is 24.5 Å². The Bertz CT molecular complexity index is 727. The zero-order valence-corrected chi connectivity index (χ0v) is 15.7. The lowest BCUT2D eigenvalue weighted by atomic mass is 9.96. The molecule has 2 N–H and O–H groups in total. The van der Waals surface area contributed by atoms with Gasteiger partial charge in [0.05, 0.1) is 5.69 Å². The summed E-state index contributed by atoms with van der Waals surface area (Å²) < 4.78 is 18.5. The van der Waals surface area contributed by atoms with Gasteiger partial charge in [-0.1, -0.05) is 0 Å². The minimum atomic E-state index is -0.301. The van der Waals surface area contributed by atoms with Gasteiger partial charge in [0.15, 0.2) is 0 Å². The zero-order valence-electron chi connectivity index (χ0n) is 14.9. The second kappa shape index (κ2) is 9.09. The molecule has 1 amide bonds. The summed E-state index contributed by atoms with van der Waals surface area (Å²) in [6.45, 7) is 4.92. The predicted molar refractivity (Wildman–Crippen MR) is 100 cm³/mol. The fraction of sp³-hybridized carbons (Fsp3) is 0.474. The Hall–Kier alpha value is -1.99. The summed E-state index contributed by atoms with van der Waals surface area (Å²) in [5, 5.41) is 7.12. The van der Waals surface area contributed by atoms with Crippen LogP contribution in [0.4, 0.5) is 4.39 Å². The number of carbonyl (C=O) groups is 1. The van der Waals surface area contributed by atoms with Crippen LogP contribution in [-0.4, -0.2) is 30.5 Å². The molecule has 0 aliphatic carbocycles. The van der Waals surface area contributed by atoms with Gasteiger partial charge in [0.25, 0.3) is 5.91 Å². The molecule has 2 aromatic rings. The Labute approximate surface area is 157 Å². The fourth-order valence-corrected chi connectivity index (χ4v) is 3.94. The van der Waals surface area contributed by atoms with Gasteiger partial charge in [-0.2, -0.15) is 0 Å². The van der Waals surface area contributed by atoms with E-state index >= 15 is 0 Å². The number of aromatic nitrogens is 1. The van der Waals surface area contributed by atoms with Crippen LogP contribution in [0.5, 0.6) is 5.75 Å². The van der Waals surface area contributed by atoms with E-state index in [2.05, 4.69) is 15.6 Å². The molecule has 1 unspecified atom stereocenters. The molecule has 26 heavy (non-hydrogen) atoms. The lowest BCUT2D eigenvalue weighted by Crippen LogP contribution is -2.33. The van der Waals surface area contributed by atoms with E-state index in [-0.39, 0.29) is 18.3 Å². The summed E-state index contributed by atoms with van der Waals surface area (Å²) in [5.41, 5.74) is 0.713. The summed E-state index contributed by atoms with van der Waals surface area (Å²) >= 11 is 1.34. The zero-order chi connectivity index (χ0) is 18.4. The first-order valence-electron chi connectivity index (χ1n) is 8.95. The molecule has 1 fully saturated rings. The van der Waals surface area contributed by atoms with E-state index in [1.165, 1.54) is 36.3 Å². The molecule has 1 aliphatic heterocycles. The largest absolute Gasteiger partial charge is 0.486 e. The number of halogens is 1. The normalized spacial score (nSPS) is 17.1. The summed E-state index contributed by atoms with van der Waals surface area (Å²) in [6.07, 6.45) is 3.44. The van der Waals surface area contributed by atoms with Gasteiger partial charge in [-0.25, -0.2) is 9.37 Å². The number of ether oxygens (including phenoxy) is 1. The highest BCUT2D eigenvalue weighted by atomic mass is 32.1. The molecule has 0 spiro atoms. The first-order valence-corrected chi connectivity index (χ1v) is 9.77. The van der Waals surface area contributed by atoms with Crippen molar-refractivity contribution in [2.45, 2.75) is 32.8 Å². The molecule has 1 atom stereocenters. The molecule has 1 aromatic heterocycles. The van der Waals surface area contributed by atoms with E-state index in [0.29, 0.717) is 28.8 Å². The minimum absolute atomic E-state index is 0.0724. The van der Waals surface area contributed by atoms with Crippen LogP contribution in [0.3, 0.4) is 0 Å². The van der Waals surface area contributed by atoms with Gasteiger partial charge in [0, 0.05) is 6.54 Å². The maximum Gasteiger partial charge on any atom is 0.263 e. The summed E-state index contributed by atoms with van der Waals surface area (Å²) in [4.78, 5) is 17.4. The van der Waals surface area contributed by atoms with Crippen molar-refractivity contribution < 1.29 is 13.9 Å². The Balaban J connectivity index is 1.48. The highest BCUT2D eigenvalue weighted by molar-refractivity contribution is 7.13. The van der Waals surface area contributed by atoms with Crippen LogP contribution >= 0.6 is 11.3 Å². The van der Waals surface area contributed by atoms with E-state index < -0.39 is 0 Å². The van der Waals surface area contributed by atoms with Crippen LogP contribution in [0.25, 0.3) is 0 Å². The molecular formula is C19H24FN3O2S. The monoisotopic (exact) mass is 377 g/mol. The van der Waals surface area contributed by atoms with Crippen LogP contribution in [-0.2, 0) is 6.61 Å². The Kier molecular flexibility index (Phi) is 6.57. The summed E-state index contributed by atoms with van der Waals surface area (Å²) in [5.74, 6) is 0.847. The summed E-state index contributed by atoms with van der Waals surface area (Å²) in [7, 11) is 0. The third-order valence-corrected chi connectivity index (χ3v) is 5.59. The molecule has 3 rings (SSSR count). The predicted octanol–water partition coefficient (Wildman–Crippen LogP) is 3.29. The van der Waals surface area contributed by atoms with Crippen molar-refractivity contribution in [3.63, 3.8) is 0 Å². The van der Waals surface area contributed by atoms with Crippen LogP contribution in [0.2, 0.25) is 0 Å². The van der Waals surface area contributed by atoms with Gasteiger partial charge >= 0.3 is 0 Å². The number of nitrogens with zero attached hydrogens (tertiary/aromatic N) is 1. The smallest absolute Gasteiger partial charge is 0.263 e. The molecule has 140 valence electrons. The Morgan fingerprint density at radius 3 is 2.96 bits per heavy atom. The maximum atomic E-state index is 12.9. The lowest BCUT2D eigenvalue weighted by molar-refractivity contribution is 0.0954. The molecule has 5 nitrogen and oxygen atoms in total. The molecule has 1 saturated heterocycles. The summed E-state index contributed by atoms with van der Waals surface area (Å²) in [6, 6.07) is 5.85. The van der Waals surface area contributed by atoms with Crippen LogP contribution in [0.1, 0.15) is 39.6 Å². The first-order chi connectivity index (χ1) is 12.6. The topological polar surface area (TPSA) is 63.2 Å². The Morgan fingerprint density at radius 2 is 2.23 bits per heavy atom. The molecule has 0 radical (unpaired) electrons. The first kappa shape index (κ1) is 18.8. The standard InChI is InChI=1S/C19H24FN3O2S/c1-13-18(19(24)22-10-8-14-3-2-9-21-11-14)26-17(23-13)12-25-16-6-4-15(20)5-7-16/h4-7,14,21H,2-3,8-12H2,1H3,(H,22,24). The number of piperidine rings is 1. The van der Waals surface area contributed by atoms with Crippen LogP contribution < -0.4 is 15.4 Å². The maximum absolute atomic E-state index is 12.9. The van der Waals surface area contributed by atoms with Crippen molar-refractivity contribution in [2.24, 2.45) is 5.92 Å². The van der Waals surface area contributed by atoms with E-state index in [1.807, 2.05) is 6.92 Å². The molecular weight excluding hydrogens is 353 g/mol. The van der Waals surface area contributed by atoms with Gasteiger partial charge in [-0.15, -0.1) is 11.3 Å². The van der Waals surface area contributed by atoms with E-state index in [1.54, 1.807) is 12.1 Å². The van der Waals surface area contributed by atoms with E-state index in [9.17, 15) is 9.18 Å². The lowest BCUT2D eigenvalue weighted by Gasteiger charge is -2.22. The molecule has 1 aromatic carbocycles. The fourth-order valence-electron chi connectivity index (χ4n) is 3.04. The van der Waals surface area contributed by atoms with Gasteiger partial charge in [-0.05, 0) is 69.5 Å². The van der Waals surface area contributed by atoms with Crippen molar-refractivity contribution >= 4 is 17.2 Å². The van der Waals surface area contributed by atoms with Gasteiger partial charge in [0.1, 0.15) is 28.1 Å². The highest BCUT2D eigenvalue weighted by Crippen LogP contribution is 2.21. The molecule has 0 saturated carbocycles. The molecule has 2 heterocycles. The third kappa shape index (κ3) is 5.25. The van der Waals surface area contributed by atoms with Gasteiger partial charge in [-0.3, -0.25) is 4.79 Å². The SMILES string of the molecule is Cc1nc(COc2ccc(F)cc2)sc1C(=O)NCCC1CCCNC1. The number of carbonyl (C=O) groups excluding carboxylic acids is 1. The second-order valence-electron chi connectivity index (χ2n) is 6.52. The Morgan fingerprint density at radius 1 is 1.42 bits per heavy atom.